The number of hydrogen-bond acceptors (Lipinski definition) is 7. The zero-order valence-corrected chi connectivity index (χ0v) is 72.3. The van der Waals surface area contributed by atoms with Gasteiger partial charge in [0.2, 0.25) is 14.5 Å². The molecule has 4 rings (SSSR count). The second-order valence-corrected chi connectivity index (χ2v) is 31.2. The number of aliphatic carboxylic acids is 1. The molecule has 0 unspecified atom stereocenters. The normalized spacial score (nSPS) is 10.7. The van der Waals surface area contributed by atoms with E-state index in [0.717, 1.165) is 63.1 Å². The summed E-state index contributed by atoms with van der Waals surface area (Å²) in [5, 5.41) is 25.5. The molecule has 4 nitrogen and oxygen atoms in total. The summed E-state index contributed by atoms with van der Waals surface area (Å²) in [7, 11) is 7.36. The summed E-state index contributed by atoms with van der Waals surface area (Å²) in [4.78, 5) is 22.4. The number of carboxylic acids is 1. The minimum Gasteiger partial charge on any atom is -0.481 e. The van der Waals surface area contributed by atoms with Crippen molar-refractivity contribution in [3.8, 4) is 0 Å². The van der Waals surface area contributed by atoms with Crippen molar-refractivity contribution >= 4 is 115 Å². The zero-order chi connectivity index (χ0) is 73.0. The molecule has 0 radical (unpaired) electrons. The molecule has 1 N–H and O–H groups in total. The van der Waals surface area contributed by atoms with Crippen LogP contribution in [0.25, 0.3) is 0 Å². The molecule has 4 aromatic heterocycles. The third kappa shape index (κ3) is 130. The molecule has 0 amide bonds. The average molecular weight is 1630 g/mol. The molecule has 0 saturated heterocycles. The predicted molar refractivity (Wildman–Crippen MR) is 472 cm³/mol. The first-order chi connectivity index (χ1) is 48.6. The van der Waals surface area contributed by atoms with Crippen LogP contribution in [0.2, 0.25) is 0 Å². The second kappa shape index (κ2) is 114. The first-order valence-corrected chi connectivity index (χ1v) is 46.2. The number of unbranched alkanes of at least 4 members (excludes halogenated alkanes) is 32. The van der Waals surface area contributed by atoms with Crippen molar-refractivity contribution in [1.82, 2.24) is 0 Å². The average Bonchev–Trinajstić information content (AvgIpc) is 1.92. The van der Waals surface area contributed by atoms with Crippen LogP contribution in [0.3, 0.4) is 0 Å². The number of alkyl halides is 1. The summed E-state index contributed by atoms with van der Waals surface area (Å²) in [6.45, 7) is 8.99. The van der Waals surface area contributed by atoms with Crippen LogP contribution in [-0.4, -0.2) is 25.9 Å². The van der Waals surface area contributed by atoms with Crippen molar-refractivity contribution < 1.29 is 56.6 Å². The Bertz CT molecular complexity index is 2150. The van der Waals surface area contributed by atoms with Gasteiger partial charge in [-0.25, -0.2) is 16.3 Å². The summed E-state index contributed by atoms with van der Waals surface area (Å²) in [5.74, 6) is -0.671. The summed E-state index contributed by atoms with van der Waals surface area (Å²) < 4.78 is 9.09. The Hall–Kier alpha value is -1.45. The number of rotatable bonds is 55. The summed E-state index contributed by atoms with van der Waals surface area (Å²) in [6, 6.07) is 16.2. The van der Waals surface area contributed by atoms with E-state index in [1.54, 1.807) is 38.9 Å². The predicted octanol–water partition coefficient (Wildman–Crippen LogP) is 28.1. The van der Waals surface area contributed by atoms with Gasteiger partial charge >= 0.3 is 43.7 Å². The van der Waals surface area contributed by atoms with E-state index in [1.165, 1.54) is 231 Å². The van der Waals surface area contributed by atoms with Gasteiger partial charge in [0.25, 0.3) is 0 Å². The number of hydrogen-bond donors (Lipinski definition) is 1. The van der Waals surface area contributed by atoms with Crippen LogP contribution in [0.1, 0.15) is 343 Å². The van der Waals surface area contributed by atoms with E-state index in [-0.39, 0.29) is 57.8 Å². The molecule has 103 heavy (non-hydrogen) atoms. The van der Waals surface area contributed by atoms with Gasteiger partial charge in [-0.2, -0.15) is 34.2 Å². The molecule has 0 spiro atoms. The molecule has 0 saturated carbocycles. The van der Waals surface area contributed by atoms with Crippen molar-refractivity contribution in [2.24, 2.45) is 0 Å². The zero-order valence-electron chi connectivity index (χ0n) is 64.4. The molecule has 15 heteroatoms. The number of carbonyl (C=O) groups excluding carboxylic acids is 1. The fourth-order valence-electron chi connectivity index (χ4n) is 9.25. The van der Waals surface area contributed by atoms with Crippen LogP contribution in [0.4, 0.5) is 0 Å². The maximum absolute atomic E-state index is 10.5. The van der Waals surface area contributed by atoms with E-state index in [9.17, 15) is 9.59 Å². The van der Waals surface area contributed by atoms with Crippen LogP contribution in [0, 0.1) is 10.8 Å². The molecular formula is C88H146BrCl3Li2O4S5. The van der Waals surface area contributed by atoms with Crippen molar-refractivity contribution in [3.05, 3.63) is 188 Å². The van der Waals surface area contributed by atoms with Crippen LogP contribution < -0.4 is 37.7 Å². The molecule has 582 valence electrons. The monoisotopic (exact) mass is 1620 g/mol. The molecule has 4 aromatic rings. The molecule has 0 aliphatic carbocycles. The minimum atomic E-state index is -1.67. The van der Waals surface area contributed by atoms with Crippen LogP contribution in [0.15, 0.2) is 173 Å². The van der Waals surface area contributed by atoms with Crippen LogP contribution in [0.5, 0.6) is 0 Å². The van der Waals surface area contributed by atoms with Gasteiger partial charge in [-0.1, -0.05) is 302 Å². The molecule has 0 aliphatic heterocycles. The second-order valence-electron chi connectivity index (χ2n) is 24.1. The Kier molecular flexibility index (Phi) is 130. The van der Waals surface area contributed by atoms with Gasteiger partial charge in [-0.15, -0.1) is 22.1 Å². The van der Waals surface area contributed by atoms with Gasteiger partial charge in [-0.05, 0) is 194 Å². The summed E-state index contributed by atoms with van der Waals surface area (Å²) >= 11 is 15.5. The molecule has 0 fully saturated rings. The number of allylic oxidation sites excluding steroid dienone is 16. The van der Waals surface area contributed by atoms with Gasteiger partial charge in [0.15, 0.2) is 0 Å². The van der Waals surface area contributed by atoms with Crippen LogP contribution in [-0.2, 0) is 25.2 Å². The molecule has 4 heterocycles. The number of carbonyl (C=O) groups is 2. The molecule has 0 aliphatic rings. The Labute approximate surface area is 702 Å². The van der Waals surface area contributed by atoms with E-state index >= 15 is 0 Å². The Morgan fingerprint density at radius 1 is 0.408 bits per heavy atom. The van der Waals surface area contributed by atoms with Gasteiger partial charge < -0.3 is 27.8 Å². The Morgan fingerprint density at radius 2 is 0.699 bits per heavy atom. The van der Waals surface area contributed by atoms with Gasteiger partial charge in [0.05, 0.1) is 0 Å². The maximum Gasteiger partial charge on any atom is 1.00 e. The van der Waals surface area contributed by atoms with E-state index in [2.05, 4.69) is 190 Å². The minimum absolute atomic E-state index is 0. The van der Waals surface area contributed by atoms with E-state index in [1.807, 2.05) is 69.3 Å². The smallest absolute Gasteiger partial charge is 0.481 e. The summed E-state index contributed by atoms with van der Waals surface area (Å²) in [5.41, 5.74) is 0. The third-order valence-electron chi connectivity index (χ3n) is 14.9. The third-order valence-corrected chi connectivity index (χ3v) is 18.3. The SMILES string of the molecule is C.C.CCCCC/C=C\C/C=C\CCCCCCCBr.CCCCC/C=C\C/C=C\CCCCCCCC(=O)Cl.CCCCC/C=C\C/C=C\CCCCCCCC(=O)O.CCCCC/C=C\C/C=C\CCCCCCCc1cccs1.O=S(Cl)Cl.[Li+].[Li+].[c-]1cccs1.[c-]1cccs1.c1ccsc1. The van der Waals surface area contributed by atoms with Gasteiger partial charge in [0.1, 0.15) is 0 Å². The van der Waals surface area contributed by atoms with E-state index in [4.69, 9.17) is 20.9 Å². The van der Waals surface area contributed by atoms with Crippen LogP contribution >= 0.6 is 94.2 Å². The molecule has 0 aromatic carbocycles. The molecular weight excluding hydrogens is 1480 g/mol. The van der Waals surface area contributed by atoms with Crippen molar-refractivity contribution in [2.75, 3.05) is 5.33 Å². The molecule has 0 atom stereocenters. The van der Waals surface area contributed by atoms with E-state index < -0.39 is 15.2 Å². The van der Waals surface area contributed by atoms with Gasteiger partial charge in [0, 0.05) is 44.4 Å². The van der Waals surface area contributed by atoms with Crippen molar-refractivity contribution in [2.45, 2.75) is 344 Å². The fourth-order valence-corrected chi connectivity index (χ4v) is 11.8. The Balaban J connectivity index is -0.000000176. The maximum atomic E-state index is 10.5. The number of carboxylic acid groups (broad SMARTS) is 1. The standard InChI is InChI=1S/C21H34S.C18H31ClO.C18H32O2.C17H31Br.C4H4S.2C4H3S.2CH4.Cl2OS.2Li/c1-2-3-4-5-6-7-8-9-10-11-12-13-14-15-16-18-21-19-17-20-22-21;2*1-2-3-4-5-6-7-8-9-10-11-12-13-14-15-16-17-18(19)20;1-2-3-4-5-6-7-8-9-10-11-12-13-14-15-16-17-18;3*1-2-4-5-3-1;;;1-4(2)3;;/h6-7,9-10,17,19-20H,2-5,8,11-16,18H2,1H3;6-7,9-10H,2-5,8,11-17H2,1H3;6-7,9-10H,2-5,8,11-17H2,1H3,(H,19,20);6-7,9-10H,2-5,8,11-17H2,1H3;1-4H;2*1-3H;2*1H4;;;/q;;;;;2*-1;;;;2*+1/b4*7-6-,10-9-;;;;;;;;. The number of halogens is 4. The van der Waals surface area contributed by atoms with E-state index in [0.29, 0.717) is 12.8 Å². The first-order valence-electron chi connectivity index (χ1n) is 38.3. The Morgan fingerprint density at radius 3 is 0.932 bits per heavy atom. The topological polar surface area (TPSA) is 71.4 Å². The number of aryl methyl sites for hydroxylation is 1. The quantitative estimate of drug-likeness (QED) is 0.0119. The van der Waals surface area contributed by atoms with Gasteiger partial charge in [-0.3, -0.25) is 9.59 Å². The number of thiophene rings is 4. The first kappa shape index (κ1) is 117. The van der Waals surface area contributed by atoms with Crippen molar-refractivity contribution in [1.29, 1.82) is 0 Å². The molecule has 0 bridgehead atoms. The summed E-state index contributed by atoms with van der Waals surface area (Å²) in [6.07, 6.45) is 94.3. The largest absolute Gasteiger partial charge is 1.00 e. The fraction of sp³-hybridized carbons (Fsp3) is 0.614. The van der Waals surface area contributed by atoms with Crippen molar-refractivity contribution in [3.63, 3.8) is 0 Å².